The molecule has 0 atom stereocenters. The van der Waals surface area contributed by atoms with Crippen LogP contribution in [0, 0.1) is 0 Å². The number of benzene rings is 1. The summed E-state index contributed by atoms with van der Waals surface area (Å²) in [5.41, 5.74) is 6.78. The highest BCUT2D eigenvalue weighted by Gasteiger charge is 2.01. The predicted molar refractivity (Wildman–Crippen MR) is 95.8 cm³/mol. The summed E-state index contributed by atoms with van der Waals surface area (Å²) in [4.78, 5) is 17.0. The van der Waals surface area contributed by atoms with Gasteiger partial charge < -0.3 is 16.4 Å². The highest BCUT2D eigenvalue weighted by molar-refractivity contribution is 7.09. The molecule has 2 rings (SSSR count). The van der Waals surface area contributed by atoms with E-state index in [9.17, 15) is 4.79 Å². The summed E-state index contributed by atoms with van der Waals surface area (Å²) in [5.74, 6) is 0.381. The van der Waals surface area contributed by atoms with E-state index in [1.807, 2.05) is 19.1 Å². The van der Waals surface area contributed by atoms with Crippen LogP contribution >= 0.6 is 11.3 Å². The number of nitrogens with two attached hydrogens (primary N) is 1. The highest BCUT2D eigenvalue weighted by atomic mass is 32.1. The molecular formula is C17H22N4OS. The van der Waals surface area contributed by atoms with E-state index in [4.69, 9.17) is 5.73 Å². The Morgan fingerprint density at radius 2 is 2.00 bits per heavy atom. The Balaban J connectivity index is 1.88. The minimum atomic E-state index is -0.413. The zero-order valence-corrected chi connectivity index (χ0v) is 14.0. The van der Waals surface area contributed by atoms with Gasteiger partial charge in [0.25, 0.3) is 0 Å². The van der Waals surface area contributed by atoms with E-state index in [1.165, 1.54) is 4.88 Å². The molecule has 0 spiro atoms. The van der Waals surface area contributed by atoms with Gasteiger partial charge in [-0.15, -0.1) is 11.3 Å². The van der Waals surface area contributed by atoms with Gasteiger partial charge >= 0.3 is 0 Å². The molecule has 2 aromatic rings. The van der Waals surface area contributed by atoms with E-state index in [-0.39, 0.29) is 0 Å². The lowest BCUT2D eigenvalue weighted by atomic mass is 10.1. The van der Waals surface area contributed by atoms with Crippen LogP contribution in [0.3, 0.4) is 0 Å². The molecule has 1 aromatic heterocycles. The summed E-state index contributed by atoms with van der Waals surface area (Å²) >= 11 is 1.76. The van der Waals surface area contributed by atoms with Crippen LogP contribution in [0.25, 0.3) is 0 Å². The molecule has 1 amide bonds. The van der Waals surface area contributed by atoms with E-state index < -0.39 is 5.91 Å². The van der Waals surface area contributed by atoms with Gasteiger partial charge in [-0.05, 0) is 42.5 Å². The second-order valence-electron chi connectivity index (χ2n) is 5.01. The van der Waals surface area contributed by atoms with Crippen molar-refractivity contribution in [2.75, 3.05) is 13.1 Å². The molecule has 5 nitrogen and oxygen atoms in total. The van der Waals surface area contributed by atoms with Gasteiger partial charge in [0.2, 0.25) is 5.91 Å². The van der Waals surface area contributed by atoms with Gasteiger partial charge in [-0.1, -0.05) is 18.2 Å². The van der Waals surface area contributed by atoms with Gasteiger partial charge in [0.1, 0.15) is 0 Å². The summed E-state index contributed by atoms with van der Waals surface area (Å²) < 4.78 is 0. The SMILES string of the molecule is CCNC(=NCc1ccc(C(N)=O)cc1)NCCc1cccs1. The fraction of sp³-hybridized carbons (Fsp3) is 0.294. The normalized spacial score (nSPS) is 11.3. The lowest BCUT2D eigenvalue weighted by molar-refractivity contribution is 0.100. The van der Waals surface area contributed by atoms with Crippen molar-refractivity contribution in [2.45, 2.75) is 19.9 Å². The highest BCUT2D eigenvalue weighted by Crippen LogP contribution is 2.08. The quantitative estimate of drug-likeness (QED) is 0.537. The Labute approximate surface area is 140 Å². The third kappa shape index (κ3) is 5.75. The molecule has 6 heteroatoms. The van der Waals surface area contributed by atoms with Crippen LogP contribution in [0.5, 0.6) is 0 Å². The maximum absolute atomic E-state index is 11.1. The second kappa shape index (κ2) is 8.95. The lowest BCUT2D eigenvalue weighted by Gasteiger charge is -2.11. The molecule has 1 aromatic carbocycles. The van der Waals surface area contributed by atoms with Gasteiger partial charge in [-0.2, -0.15) is 0 Å². The number of primary amides is 1. The fourth-order valence-electron chi connectivity index (χ4n) is 2.05. The van der Waals surface area contributed by atoms with Crippen molar-refractivity contribution in [3.05, 3.63) is 57.8 Å². The number of aliphatic imine (C=N–C) groups is 1. The summed E-state index contributed by atoms with van der Waals surface area (Å²) in [5, 5.41) is 8.65. The number of amides is 1. The summed E-state index contributed by atoms with van der Waals surface area (Å²) in [6.07, 6.45) is 0.982. The standard InChI is InChI=1S/C17H22N4OS/c1-2-19-17(20-10-9-15-4-3-11-23-15)21-12-13-5-7-14(8-6-13)16(18)22/h3-8,11H,2,9-10,12H2,1H3,(H2,18,22)(H2,19,20,21). The lowest BCUT2D eigenvalue weighted by Crippen LogP contribution is -2.38. The number of rotatable bonds is 7. The second-order valence-corrected chi connectivity index (χ2v) is 6.04. The molecule has 0 saturated heterocycles. The Morgan fingerprint density at radius 1 is 1.22 bits per heavy atom. The molecule has 4 N–H and O–H groups in total. The molecule has 0 fully saturated rings. The molecule has 0 unspecified atom stereocenters. The van der Waals surface area contributed by atoms with Crippen molar-refractivity contribution in [1.29, 1.82) is 0 Å². The third-order valence-electron chi connectivity index (χ3n) is 3.25. The number of guanidine groups is 1. The van der Waals surface area contributed by atoms with Gasteiger partial charge in [0, 0.05) is 23.5 Å². The average Bonchev–Trinajstić information content (AvgIpc) is 3.06. The molecule has 23 heavy (non-hydrogen) atoms. The minimum Gasteiger partial charge on any atom is -0.366 e. The first-order valence-corrected chi connectivity index (χ1v) is 8.50. The Morgan fingerprint density at radius 3 is 2.61 bits per heavy atom. The molecule has 0 bridgehead atoms. The van der Waals surface area contributed by atoms with Crippen LogP contribution < -0.4 is 16.4 Å². The van der Waals surface area contributed by atoms with E-state index in [2.05, 4.69) is 33.1 Å². The van der Waals surface area contributed by atoms with Crippen LogP contribution in [0.1, 0.15) is 27.7 Å². The van der Waals surface area contributed by atoms with Crippen LogP contribution in [-0.4, -0.2) is 25.0 Å². The van der Waals surface area contributed by atoms with Gasteiger partial charge in [-0.25, -0.2) is 4.99 Å². The van der Waals surface area contributed by atoms with Gasteiger partial charge in [0.15, 0.2) is 5.96 Å². The van der Waals surface area contributed by atoms with E-state index in [0.29, 0.717) is 12.1 Å². The van der Waals surface area contributed by atoms with Crippen molar-refractivity contribution in [3.8, 4) is 0 Å². The maximum Gasteiger partial charge on any atom is 0.248 e. The maximum atomic E-state index is 11.1. The predicted octanol–water partition coefficient (Wildman–Crippen LogP) is 2.14. The van der Waals surface area contributed by atoms with Crippen molar-refractivity contribution >= 4 is 23.2 Å². The largest absolute Gasteiger partial charge is 0.366 e. The first-order valence-electron chi connectivity index (χ1n) is 7.62. The molecule has 0 saturated carbocycles. The minimum absolute atomic E-state index is 0.413. The summed E-state index contributed by atoms with van der Waals surface area (Å²) in [6.45, 7) is 4.24. The van der Waals surface area contributed by atoms with E-state index in [1.54, 1.807) is 23.5 Å². The fourth-order valence-corrected chi connectivity index (χ4v) is 2.75. The molecular weight excluding hydrogens is 308 g/mol. The number of carbonyl (C=O) groups excluding carboxylic acids is 1. The number of thiophene rings is 1. The van der Waals surface area contributed by atoms with Crippen LogP contribution in [-0.2, 0) is 13.0 Å². The summed E-state index contributed by atoms with van der Waals surface area (Å²) in [7, 11) is 0. The Kier molecular flexibility index (Phi) is 6.62. The van der Waals surface area contributed by atoms with Gasteiger partial charge in [0.05, 0.1) is 6.54 Å². The Hall–Kier alpha value is -2.34. The first-order chi connectivity index (χ1) is 11.2. The number of nitrogens with one attached hydrogen (secondary N) is 2. The van der Waals surface area contributed by atoms with Crippen LogP contribution in [0.2, 0.25) is 0 Å². The van der Waals surface area contributed by atoms with Crippen molar-refractivity contribution in [3.63, 3.8) is 0 Å². The number of hydrogen-bond donors (Lipinski definition) is 3. The molecule has 1 heterocycles. The molecule has 122 valence electrons. The zero-order chi connectivity index (χ0) is 16.5. The molecule has 0 aliphatic heterocycles. The number of hydrogen-bond acceptors (Lipinski definition) is 3. The van der Waals surface area contributed by atoms with Crippen LogP contribution in [0.4, 0.5) is 0 Å². The molecule has 0 aliphatic carbocycles. The van der Waals surface area contributed by atoms with Crippen LogP contribution in [0.15, 0.2) is 46.8 Å². The van der Waals surface area contributed by atoms with E-state index >= 15 is 0 Å². The third-order valence-corrected chi connectivity index (χ3v) is 4.18. The molecule has 0 radical (unpaired) electrons. The van der Waals surface area contributed by atoms with E-state index in [0.717, 1.165) is 31.0 Å². The number of nitrogens with zero attached hydrogens (tertiary/aromatic N) is 1. The smallest absolute Gasteiger partial charge is 0.248 e. The first kappa shape index (κ1) is 17.0. The zero-order valence-electron chi connectivity index (χ0n) is 13.2. The van der Waals surface area contributed by atoms with Gasteiger partial charge in [-0.3, -0.25) is 4.79 Å². The average molecular weight is 330 g/mol. The number of carbonyl (C=O) groups is 1. The summed E-state index contributed by atoms with van der Waals surface area (Å²) in [6, 6.07) is 11.4. The van der Waals surface area contributed by atoms with Crippen molar-refractivity contribution < 1.29 is 4.79 Å². The topological polar surface area (TPSA) is 79.5 Å². The molecule has 0 aliphatic rings. The monoisotopic (exact) mass is 330 g/mol. The van der Waals surface area contributed by atoms with Crippen molar-refractivity contribution in [1.82, 2.24) is 10.6 Å². The Bertz CT molecular complexity index is 635. The van der Waals surface area contributed by atoms with Crippen molar-refractivity contribution in [2.24, 2.45) is 10.7 Å².